The summed E-state index contributed by atoms with van der Waals surface area (Å²) >= 11 is 0. The lowest BCUT2D eigenvalue weighted by molar-refractivity contribution is 0.00230. The van der Waals surface area contributed by atoms with E-state index in [0.717, 1.165) is 11.1 Å². The molecular formula is C30H49ClO14S2. The second kappa shape index (κ2) is 29.2. The number of benzene rings is 2. The van der Waals surface area contributed by atoms with Crippen LogP contribution in [0.2, 0.25) is 0 Å². The van der Waals surface area contributed by atoms with E-state index in [1.54, 1.807) is 24.3 Å². The van der Waals surface area contributed by atoms with E-state index in [4.69, 9.17) is 58.6 Å². The van der Waals surface area contributed by atoms with E-state index in [1.165, 1.54) is 24.3 Å². The summed E-state index contributed by atoms with van der Waals surface area (Å²) in [5.41, 5.74) is 1.99. The van der Waals surface area contributed by atoms with Gasteiger partial charge in [-0.3, -0.25) is 4.18 Å². The first-order valence-electron chi connectivity index (χ1n) is 14.7. The monoisotopic (exact) mass is 732 g/mol. The van der Waals surface area contributed by atoms with Gasteiger partial charge in [0, 0.05) is 10.7 Å². The Kier molecular flexibility index (Phi) is 28.1. The lowest BCUT2D eigenvalue weighted by atomic mass is 10.2. The summed E-state index contributed by atoms with van der Waals surface area (Å²) in [6.07, 6.45) is 0. The van der Waals surface area contributed by atoms with Gasteiger partial charge in [0.2, 0.25) is 0 Å². The molecule has 0 aromatic heterocycles. The van der Waals surface area contributed by atoms with Crippen LogP contribution in [0.1, 0.15) is 11.1 Å². The van der Waals surface area contributed by atoms with Gasteiger partial charge in [-0.25, -0.2) is 8.42 Å². The molecule has 0 aliphatic carbocycles. The SMILES string of the molecule is Cc1ccc(S(=O)(=O)Cl)cc1.Cc1ccc(S(=O)(=O)OCCOCCOCCOCCO)cc1.OCCOCCOCCOCCO. The van der Waals surface area contributed by atoms with Gasteiger partial charge in [0.1, 0.15) is 0 Å². The third-order valence-corrected chi connectivity index (χ3v) is 7.97. The molecular weight excluding hydrogens is 684 g/mol. The molecule has 0 aliphatic rings. The van der Waals surface area contributed by atoms with Crippen molar-refractivity contribution >= 4 is 29.9 Å². The first kappa shape index (κ1) is 45.2. The summed E-state index contributed by atoms with van der Waals surface area (Å²) in [5, 5.41) is 25.2. The quantitative estimate of drug-likeness (QED) is 0.0802. The van der Waals surface area contributed by atoms with Crippen LogP contribution in [0, 0.1) is 13.8 Å². The van der Waals surface area contributed by atoms with Crippen molar-refractivity contribution in [2.45, 2.75) is 23.6 Å². The van der Waals surface area contributed by atoms with Crippen LogP contribution in [0.15, 0.2) is 58.3 Å². The molecule has 0 spiro atoms. The standard InChI is InChI=1S/C15H24O7S.C8H18O5.C7H7ClO2S/c1-14-2-4-15(5-3-14)23(17,18)22-13-12-21-11-10-20-9-8-19-7-6-16;9-1-3-11-5-7-13-8-6-12-4-2-10;1-6-2-4-7(5-3-6)11(8,9)10/h2-5,16H,6-13H2,1H3;9-10H,1-8H2;2-5H,1H3. The molecule has 2 aromatic rings. The Morgan fingerprint density at radius 1 is 0.468 bits per heavy atom. The van der Waals surface area contributed by atoms with Gasteiger partial charge in [-0.1, -0.05) is 35.4 Å². The number of aryl methyl sites for hydroxylation is 2. The molecule has 272 valence electrons. The van der Waals surface area contributed by atoms with E-state index in [2.05, 4.69) is 0 Å². The molecule has 0 fully saturated rings. The fourth-order valence-corrected chi connectivity index (χ4v) is 4.62. The maximum atomic E-state index is 11.9. The lowest BCUT2D eigenvalue weighted by Gasteiger charge is -2.08. The minimum Gasteiger partial charge on any atom is -0.394 e. The van der Waals surface area contributed by atoms with Crippen molar-refractivity contribution < 1.29 is 64.8 Å². The topological polar surface area (TPSA) is 194 Å². The van der Waals surface area contributed by atoms with Crippen LogP contribution in [0.4, 0.5) is 0 Å². The zero-order valence-corrected chi connectivity index (χ0v) is 29.3. The van der Waals surface area contributed by atoms with Crippen LogP contribution in [0.25, 0.3) is 0 Å². The fraction of sp³-hybridized carbons (Fsp3) is 0.600. The maximum Gasteiger partial charge on any atom is 0.297 e. The molecule has 3 N–H and O–H groups in total. The number of hydrogen-bond donors (Lipinski definition) is 3. The highest BCUT2D eigenvalue weighted by Gasteiger charge is 2.14. The third-order valence-electron chi connectivity index (χ3n) is 5.27. The number of rotatable bonds is 24. The zero-order valence-electron chi connectivity index (χ0n) is 27.0. The van der Waals surface area contributed by atoms with Crippen molar-refractivity contribution in [1.29, 1.82) is 0 Å². The molecule has 0 atom stereocenters. The second-order valence-electron chi connectivity index (χ2n) is 9.19. The van der Waals surface area contributed by atoms with E-state index in [1.807, 2.05) is 13.8 Å². The van der Waals surface area contributed by atoms with Crippen LogP contribution in [-0.2, 0) is 51.8 Å². The van der Waals surface area contributed by atoms with Crippen molar-refractivity contribution in [3.63, 3.8) is 0 Å². The molecule has 0 saturated carbocycles. The molecule has 0 aliphatic heterocycles. The largest absolute Gasteiger partial charge is 0.394 e. The Morgan fingerprint density at radius 2 is 0.745 bits per heavy atom. The normalized spacial score (nSPS) is 11.4. The molecule has 0 saturated heterocycles. The van der Waals surface area contributed by atoms with Gasteiger partial charge in [-0.15, -0.1) is 0 Å². The summed E-state index contributed by atoms with van der Waals surface area (Å²) in [6, 6.07) is 12.8. The molecule has 14 nitrogen and oxygen atoms in total. The Labute approximate surface area is 283 Å². The van der Waals surface area contributed by atoms with E-state index in [-0.39, 0.29) is 42.8 Å². The van der Waals surface area contributed by atoms with Gasteiger partial charge in [-0.2, -0.15) is 8.42 Å². The summed E-state index contributed by atoms with van der Waals surface area (Å²) in [5.74, 6) is 0. The van der Waals surface area contributed by atoms with Gasteiger partial charge in [-0.05, 0) is 38.1 Å². The molecule has 0 radical (unpaired) electrons. The van der Waals surface area contributed by atoms with Crippen molar-refractivity contribution in [2.24, 2.45) is 0 Å². The maximum absolute atomic E-state index is 11.9. The molecule has 2 aromatic carbocycles. The molecule has 0 amide bonds. The second-order valence-corrected chi connectivity index (χ2v) is 13.4. The summed E-state index contributed by atoms with van der Waals surface area (Å²) in [7, 11) is -2.20. The average molecular weight is 733 g/mol. The van der Waals surface area contributed by atoms with Gasteiger partial charge in [0.15, 0.2) is 0 Å². The Balaban J connectivity index is 0.000000744. The van der Waals surface area contributed by atoms with Gasteiger partial charge in [0.25, 0.3) is 19.2 Å². The van der Waals surface area contributed by atoms with Gasteiger partial charge in [0.05, 0.1) is 116 Å². The van der Waals surface area contributed by atoms with E-state index in [0.29, 0.717) is 72.7 Å². The van der Waals surface area contributed by atoms with E-state index < -0.39 is 19.2 Å². The number of ether oxygens (including phenoxy) is 6. The smallest absolute Gasteiger partial charge is 0.297 e. The van der Waals surface area contributed by atoms with Crippen molar-refractivity contribution in [3.8, 4) is 0 Å². The Bertz CT molecular complexity index is 1200. The Morgan fingerprint density at radius 3 is 1.04 bits per heavy atom. The summed E-state index contributed by atoms with van der Waals surface area (Å²) in [6.45, 7) is 8.49. The van der Waals surface area contributed by atoms with Gasteiger partial charge < -0.3 is 43.7 Å². The molecule has 0 bridgehead atoms. The van der Waals surface area contributed by atoms with Crippen LogP contribution in [0.3, 0.4) is 0 Å². The van der Waals surface area contributed by atoms with Crippen LogP contribution < -0.4 is 0 Å². The molecule has 17 heteroatoms. The van der Waals surface area contributed by atoms with Crippen molar-refractivity contribution in [3.05, 3.63) is 59.7 Å². The van der Waals surface area contributed by atoms with E-state index in [9.17, 15) is 16.8 Å². The fourth-order valence-electron chi connectivity index (χ4n) is 2.95. The number of aliphatic hydroxyl groups excluding tert-OH is 3. The Hall–Kier alpha value is -1.77. The van der Waals surface area contributed by atoms with Crippen LogP contribution in [-0.4, -0.2) is 138 Å². The lowest BCUT2D eigenvalue weighted by Crippen LogP contribution is -2.14. The number of aliphatic hydroxyl groups is 3. The first-order valence-corrected chi connectivity index (χ1v) is 18.5. The zero-order chi connectivity index (χ0) is 35.2. The van der Waals surface area contributed by atoms with Crippen LogP contribution in [0.5, 0.6) is 0 Å². The highest BCUT2D eigenvalue weighted by Crippen LogP contribution is 2.14. The number of halogens is 1. The minimum atomic E-state index is -3.74. The van der Waals surface area contributed by atoms with Gasteiger partial charge >= 0.3 is 0 Å². The van der Waals surface area contributed by atoms with Crippen molar-refractivity contribution in [1.82, 2.24) is 0 Å². The highest BCUT2D eigenvalue weighted by molar-refractivity contribution is 8.13. The molecule has 47 heavy (non-hydrogen) atoms. The highest BCUT2D eigenvalue weighted by atomic mass is 35.7. The molecule has 0 unspecified atom stereocenters. The third kappa shape index (κ3) is 26.8. The first-order chi connectivity index (χ1) is 22.5. The summed E-state index contributed by atoms with van der Waals surface area (Å²) in [4.78, 5) is 0.277. The minimum absolute atomic E-state index is 0.00535. The molecule has 0 heterocycles. The number of hydrogen-bond acceptors (Lipinski definition) is 14. The van der Waals surface area contributed by atoms with E-state index >= 15 is 0 Å². The van der Waals surface area contributed by atoms with Crippen molar-refractivity contribution in [2.75, 3.05) is 106 Å². The summed E-state index contributed by atoms with van der Waals surface area (Å²) < 4.78 is 80.5. The van der Waals surface area contributed by atoms with Crippen LogP contribution >= 0.6 is 10.7 Å². The predicted octanol–water partition coefficient (Wildman–Crippen LogP) is 1.69. The average Bonchev–Trinajstić information content (AvgIpc) is 3.03. The predicted molar refractivity (Wildman–Crippen MR) is 175 cm³/mol. The molecule has 2 rings (SSSR count).